The van der Waals surface area contributed by atoms with Gasteiger partial charge in [-0.3, -0.25) is 9.59 Å². The van der Waals surface area contributed by atoms with Crippen LogP contribution in [-0.4, -0.2) is 87.4 Å². The summed E-state index contributed by atoms with van der Waals surface area (Å²) < 4.78 is 23.0. The van der Waals surface area contributed by atoms with E-state index in [1.54, 1.807) is 0 Å². The monoisotopic (exact) mass is 1290 g/mol. The number of likely N-dealkylation sites (N-methyl/N-ethyl adjacent to an activating group) is 1. The molecule has 9 nitrogen and oxygen atoms in total. The summed E-state index contributed by atoms with van der Waals surface area (Å²) in [6.45, 7) is 4.76. The maximum atomic E-state index is 13.0. The summed E-state index contributed by atoms with van der Waals surface area (Å²) in [5.41, 5.74) is 0. The zero-order valence-corrected chi connectivity index (χ0v) is 60.6. The number of rotatable bonds is 69. The lowest BCUT2D eigenvalue weighted by molar-refractivity contribution is -0.870. The third kappa shape index (κ3) is 74.4. The fourth-order valence-corrected chi connectivity index (χ4v) is 10.3. The van der Waals surface area contributed by atoms with Crippen LogP contribution in [0.3, 0.4) is 0 Å². The van der Waals surface area contributed by atoms with E-state index in [1.807, 2.05) is 21.1 Å². The number of carboxylic acids is 1. The van der Waals surface area contributed by atoms with Crippen molar-refractivity contribution in [3.63, 3.8) is 0 Å². The van der Waals surface area contributed by atoms with Gasteiger partial charge in [-0.2, -0.15) is 0 Å². The molecule has 530 valence electrons. The maximum Gasteiger partial charge on any atom is 0.361 e. The Bertz CT molecular complexity index is 2040. The minimum Gasteiger partial charge on any atom is -0.477 e. The van der Waals surface area contributed by atoms with E-state index in [9.17, 15) is 19.5 Å². The summed E-state index contributed by atoms with van der Waals surface area (Å²) in [4.78, 5) is 37.7. The quantitative estimate of drug-likeness (QED) is 0.0211. The number of carboxylic acid groups (broad SMARTS) is 1. The minimum absolute atomic E-state index is 0.180. The summed E-state index contributed by atoms with van der Waals surface area (Å²) in [7, 11) is 5.97. The van der Waals surface area contributed by atoms with E-state index in [4.69, 9.17) is 18.9 Å². The van der Waals surface area contributed by atoms with Crippen molar-refractivity contribution in [1.82, 2.24) is 0 Å². The van der Waals surface area contributed by atoms with Crippen LogP contribution in [0, 0.1) is 0 Å². The van der Waals surface area contributed by atoms with Crippen molar-refractivity contribution in [1.29, 1.82) is 0 Å². The number of allylic oxidation sites excluding steroid dienone is 24. The first-order chi connectivity index (χ1) is 45.6. The largest absolute Gasteiger partial charge is 0.477 e. The van der Waals surface area contributed by atoms with Crippen molar-refractivity contribution in [2.24, 2.45) is 0 Å². The van der Waals surface area contributed by atoms with Crippen LogP contribution in [0.5, 0.6) is 0 Å². The molecular weight excluding hydrogens is 1150 g/mol. The molecule has 0 aromatic rings. The van der Waals surface area contributed by atoms with Crippen LogP contribution < -0.4 is 0 Å². The van der Waals surface area contributed by atoms with Gasteiger partial charge in [0.15, 0.2) is 6.10 Å². The predicted molar refractivity (Wildman–Crippen MR) is 400 cm³/mol. The fraction of sp³-hybridized carbons (Fsp3) is 0.679. The molecule has 0 fully saturated rings. The van der Waals surface area contributed by atoms with Crippen molar-refractivity contribution in [2.45, 2.75) is 322 Å². The van der Waals surface area contributed by atoms with E-state index >= 15 is 0 Å². The van der Waals surface area contributed by atoms with Gasteiger partial charge in [0.25, 0.3) is 6.29 Å². The summed E-state index contributed by atoms with van der Waals surface area (Å²) in [5.74, 6) is -2.02. The van der Waals surface area contributed by atoms with Crippen LogP contribution in [0.1, 0.15) is 309 Å². The van der Waals surface area contributed by atoms with Crippen molar-refractivity contribution in [3.8, 4) is 0 Å². The first kappa shape index (κ1) is 88.2. The Morgan fingerprint density at radius 1 is 0.333 bits per heavy atom. The van der Waals surface area contributed by atoms with E-state index in [-0.39, 0.29) is 32.2 Å². The highest BCUT2D eigenvalue weighted by Gasteiger charge is 2.25. The molecule has 0 heterocycles. The molecule has 2 unspecified atom stereocenters. The Kier molecular flexibility index (Phi) is 69.2. The van der Waals surface area contributed by atoms with E-state index in [0.29, 0.717) is 23.9 Å². The predicted octanol–water partition coefficient (Wildman–Crippen LogP) is 24.3. The SMILES string of the molecule is CC/C=C\C/C=C\C/C=C\C/C=C\C/C=C\C/C=C\C/C=C\C/C=C\C/C=C\C/C=C\CCCCCCCCCCC(=O)OC(COC(=O)CCCCCCCCCCCCCCCCCCC/C=C\C/C=C\CCCCCCC)COC(OCC[N+](C)(C)C)C(=O)O. The van der Waals surface area contributed by atoms with Crippen LogP contribution in [0.2, 0.25) is 0 Å². The van der Waals surface area contributed by atoms with E-state index in [2.05, 4.69) is 160 Å². The number of hydrogen-bond acceptors (Lipinski definition) is 7. The second-order valence-electron chi connectivity index (χ2n) is 26.2. The summed E-state index contributed by atoms with van der Waals surface area (Å²) in [6, 6.07) is 0. The van der Waals surface area contributed by atoms with Crippen molar-refractivity contribution < 1.29 is 42.9 Å². The molecule has 0 aliphatic rings. The standard InChI is InChI=1S/C84H141NO8/c1-6-8-10-12-14-16-18-20-22-24-26-28-30-32-34-36-37-38-39-40-41-42-43-44-45-47-49-51-53-55-57-59-61-63-65-67-69-71-73-75-82(87)93-80(79-92-84(83(88)89)90-77-76-85(3,4)5)78-91-81(86)74-72-70-68-66-64-62-60-58-56-54-52-50-48-46-35-33-31-29-27-25-23-21-19-17-15-13-11-9-7-2/h8,10,14,16,19-22,25-28,32,34,37-38,40-41,43-44,47,49,53,55,80,84H,6-7,9,11-13,15,17-18,23-24,29-31,33,35-36,39,42,45-46,48,50-52,54,56-79H2,1-5H3/p+1/b10-8-,16-14-,21-19-,22-20-,27-25-,28-26-,34-32-,38-37-,41-40-,44-43-,49-47-,55-53-. The molecule has 0 saturated heterocycles. The second kappa shape index (κ2) is 73.0. The van der Waals surface area contributed by atoms with Crippen molar-refractivity contribution in [3.05, 3.63) is 146 Å². The van der Waals surface area contributed by atoms with E-state index < -0.39 is 24.3 Å². The zero-order valence-electron chi connectivity index (χ0n) is 60.6. The zero-order chi connectivity index (χ0) is 67.5. The molecule has 0 aliphatic heterocycles. The number of ether oxygens (including phenoxy) is 4. The van der Waals surface area contributed by atoms with Gasteiger partial charge in [0.2, 0.25) is 0 Å². The van der Waals surface area contributed by atoms with Gasteiger partial charge in [-0.25, -0.2) is 4.79 Å². The van der Waals surface area contributed by atoms with Crippen LogP contribution in [-0.2, 0) is 33.3 Å². The Balaban J connectivity index is 4.14. The molecule has 0 aromatic carbocycles. The molecule has 9 heteroatoms. The first-order valence-corrected chi connectivity index (χ1v) is 38.0. The highest BCUT2D eigenvalue weighted by atomic mass is 16.7. The Labute approximate surface area is 572 Å². The molecule has 0 amide bonds. The first-order valence-electron chi connectivity index (χ1n) is 38.0. The third-order valence-electron chi connectivity index (χ3n) is 16.1. The molecule has 0 spiro atoms. The summed E-state index contributed by atoms with van der Waals surface area (Å²) >= 11 is 0. The van der Waals surface area contributed by atoms with E-state index in [1.165, 1.54) is 161 Å². The number of carbonyl (C=O) groups excluding carboxylic acids is 2. The molecule has 0 aromatic heterocycles. The average molecular weight is 1290 g/mol. The summed E-state index contributed by atoms with van der Waals surface area (Å²) in [6.07, 6.45) is 104. The van der Waals surface area contributed by atoms with Gasteiger partial charge in [0, 0.05) is 12.8 Å². The molecule has 0 radical (unpaired) electrons. The van der Waals surface area contributed by atoms with Gasteiger partial charge in [-0.15, -0.1) is 0 Å². The van der Waals surface area contributed by atoms with Crippen molar-refractivity contribution >= 4 is 17.9 Å². The highest BCUT2D eigenvalue weighted by molar-refractivity contribution is 5.71. The minimum atomic E-state index is -1.52. The molecule has 0 bridgehead atoms. The number of quaternary nitrogens is 1. The lowest BCUT2D eigenvalue weighted by Gasteiger charge is -2.25. The average Bonchev–Trinajstić information content (AvgIpc) is 3.38. The molecule has 0 saturated carbocycles. The molecule has 0 aliphatic carbocycles. The lowest BCUT2D eigenvalue weighted by Crippen LogP contribution is -2.40. The second-order valence-corrected chi connectivity index (χ2v) is 26.2. The van der Waals surface area contributed by atoms with Crippen LogP contribution in [0.25, 0.3) is 0 Å². The van der Waals surface area contributed by atoms with Crippen LogP contribution >= 0.6 is 0 Å². The normalized spacial score (nSPS) is 13.5. The number of nitrogens with zero attached hydrogens (tertiary/aromatic N) is 1. The molecule has 1 N–H and O–H groups in total. The number of esters is 2. The van der Waals surface area contributed by atoms with Gasteiger partial charge in [-0.1, -0.05) is 320 Å². The highest BCUT2D eigenvalue weighted by Crippen LogP contribution is 2.17. The van der Waals surface area contributed by atoms with Gasteiger partial charge in [-0.05, 0) is 122 Å². The van der Waals surface area contributed by atoms with Crippen LogP contribution in [0.4, 0.5) is 0 Å². The fourth-order valence-electron chi connectivity index (χ4n) is 10.3. The van der Waals surface area contributed by atoms with Gasteiger partial charge in [0.1, 0.15) is 13.2 Å². The number of unbranched alkanes of at least 4 members (excludes halogenated alkanes) is 30. The van der Waals surface area contributed by atoms with E-state index in [0.717, 1.165) is 116 Å². The maximum absolute atomic E-state index is 13.0. The smallest absolute Gasteiger partial charge is 0.361 e. The van der Waals surface area contributed by atoms with Crippen molar-refractivity contribution in [2.75, 3.05) is 47.5 Å². The third-order valence-corrected chi connectivity index (χ3v) is 16.1. The molecular formula is C84H142NO8+. The number of aliphatic carboxylic acids is 1. The van der Waals surface area contributed by atoms with Gasteiger partial charge >= 0.3 is 17.9 Å². The van der Waals surface area contributed by atoms with Crippen LogP contribution in [0.15, 0.2) is 146 Å². The molecule has 0 rings (SSSR count). The lowest BCUT2D eigenvalue weighted by atomic mass is 10.0. The van der Waals surface area contributed by atoms with Gasteiger partial charge < -0.3 is 28.5 Å². The Hall–Kier alpha value is -4.83. The molecule has 2 atom stereocenters. The Morgan fingerprint density at radius 3 is 0.914 bits per heavy atom. The Morgan fingerprint density at radius 2 is 0.613 bits per heavy atom. The topological polar surface area (TPSA) is 108 Å². The number of hydrogen-bond donors (Lipinski definition) is 1. The van der Waals surface area contributed by atoms with Gasteiger partial charge in [0.05, 0.1) is 34.4 Å². The molecule has 93 heavy (non-hydrogen) atoms. The number of carbonyl (C=O) groups is 3. The summed E-state index contributed by atoms with van der Waals surface area (Å²) in [5, 5.41) is 9.76.